The van der Waals surface area contributed by atoms with E-state index < -0.39 is 11.9 Å². The van der Waals surface area contributed by atoms with E-state index in [2.05, 4.69) is 10.4 Å². The molecule has 0 saturated carbocycles. The molecule has 2 heterocycles. The summed E-state index contributed by atoms with van der Waals surface area (Å²) < 4.78 is 19.6. The molecule has 0 bridgehead atoms. The highest BCUT2D eigenvalue weighted by Crippen LogP contribution is 2.14. The van der Waals surface area contributed by atoms with Gasteiger partial charge in [0, 0.05) is 6.20 Å². The number of hydrogen-bond acceptors (Lipinski definition) is 4. The summed E-state index contributed by atoms with van der Waals surface area (Å²) in [7, 11) is 0. The van der Waals surface area contributed by atoms with Crippen molar-refractivity contribution in [1.82, 2.24) is 15.1 Å². The lowest BCUT2D eigenvalue weighted by atomic mass is 10.2. The van der Waals surface area contributed by atoms with Crippen LogP contribution >= 0.6 is 0 Å². The molecule has 7 heteroatoms. The molecule has 6 nitrogen and oxygen atoms in total. The summed E-state index contributed by atoms with van der Waals surface area (Å²) in [6, 6.07) is 9.98. The van der Waals surface area contributed by atoms with E-state index in [-0.39, 0.29) is 18.1 Å². The molecule has 0 aliphatic heterocycles. The standard InChI is InChI=1S/C16H14FN3O3/c17-11-3-5-12(6-4-11)20-8-7-13(19-20)16(22)18-14(10-21)15-2-1-9-23-15/h1-9,14,21H,10H2,(H,18,22). The van der Waals surface area contributed by atoms with Crippen molar-refractivity contribution in [2.75, 3.05) is 6.61 Å². The number of nitrogens with one attached hydrogen (secondary N) is 1. The highest BCUT2D eigenvalue weighted by molar-refractivity contribution is 5.92. The average molecular weight is 315 g/mol. The third-order valence-corrected chi connectivity index (χ3v) is 3.29. The number of furan rings is 1. The number of aliphatic hydroxyl groups is 1. The Bertz CT molecular complexity index is 781. The smallest absolute Gasteiger partial charge is 0.272 e. The van der Waals surface area contributed by atoms with Gasteiger partial charge in [-0.2, -0.15) is 5.10 Å². The average Bonchev–Trinajstić information content (AvgIpc) is 3.24. The predicted molar refractivity (Wildman–Crippen MR) is 79.5 cm³/mol. The van der Waals surface area contributed by atoms with Gasteiger partial charge < -0.3 is 14.8 Å². The van der Waals surface area contributed by atoms with Crippen LogP contribution in [-0.2, 0) is 0 Å². The van der Waals surface area contributed by atoms with Crippen molar-refractivity contribution in [3.05, 3.63) is 72.2 Å². The third kappa shape index (κ3) is 3.29. The lowest BCUT2D eigenvalue weighted by Crippen LogP contribution is -2.30. The summed E-state index contributed by atoms with van der Waals surface area (Å²) in [6.07, 6.45) is 3.07. The molecule has 2 aromatic heterocycles. The highest BCUT2D eigenvalue weighted by Gasteiger charge is 2.18. The Balaban J connectivity index is 1.74. The van der Waals surface area contributed by atoms with Gasteiger partial charge in [0.2, 0.25) is 0 Å². The van der Waals surface area contributed by atoms with Crippen molar-refractivity contribution in [2.24, 2.45) is 0 Å². The Morgan fingerprint density at radius 3 is 2.74 bits per heavy atom. The van der Waals surface area contributed by atoms with E-state index in [0.29, 0.717) is 11.4 Å². The number of benzene rings is 1. The van der Waals surface area contributed by atoms with Gasteiger partial charge >= 0.3 is 0 Å². The Morgan fingerprint density at radius 2 is 2.09 bits per heavy atom. The molecule has 3 aromatic rings. The van der Waals surface area contributed by atoms with Crippen molar-refractivity contribution in [1.29, 1.82) is 0 Å². The molecule has 1 aromatic carbocycles. The van der Waals surface area contributed by atoms with Gasteiger partial charge in [0.25, 0.3) is 5.91 Å². The Kier molecular flexibility index (Phi) is 4.20. The minimum atomic E-state index is -0.645. The topological polar surface area (TPSA) is 80.3 Å². The first-order valence-corrected chi connectivity index (χ1v) is 6.94. The molecule has 0 radical (unpaired) electrons. The fourth-order valence-electron chi connectivity index (χ4n) is 2.11. The summed E-state index contributed by atoms with van der Waals surface area (Å²) in [6.45, 7) is -0.294. The van der Waals surface area contributed by atoms with Gasteiger partial charge in [-0.25, -0.2) is 9.07 Å². The molecule has 1 amide bonds. The zero-order valence-corrected chi connectivity index (χ0v) is 12.0. The second-order valence-corrected chi connectivity index (χ2v) is 4.85. The van der Waals surface area contributed by atoms with E-state index in [0.717, 1.165) is 0 Å². The molecular formula is C16H14FN3O3. The molecule has 0 saturated heterocycles. The molecule has 1 atom stereocenters. The molecule has 23 heavy (non-hydrogen) atoms. The first kappa shape index (κ1) is 15.0. The largest absolute Gasteiger partial charge is 0.467 e. The fraction of sp³-hybridized carbons (Fsp3) is 0.125. The zero-order chi connectivity index (χ0) is 16.2. The summed E-state index contributed by atoms with van der Waals surface area (Å²) in [5.41, 5.74) is 0.814. The van der Waals surface area contributed by atoms with E-state index in [1.807, 2.05) is 0 Å². The SMILES string of the molecule is O=C(NC(CO)c1ccco1)c1ccn(-c2ccc(F)cc2)n1. The minimum absolute atomic E-state index is 0.180. The van der Waals surface area contributed by atoms with Gasteiger partial charge in [-0.15, -0.1) is 0 Å². The van der Waals surface area contributed by atoms with Gasteiger partial charge in [-0.05, 0) is 42.5 Å². The van der Waals surface area contributed by atoms with Crippen LogP contribution in [0.4, 0.5) is 4.39 Å². The lowest BCUT2D eigenvalue weighted by molar-refractivity contribution is 0.0902. The maximum atomic E-state index is 12.9. The number of nitrogens with zero attached hydrogens (tertiary/aromatic N) is 2. The molecule has 3 rings (SSSR count). The number of aromatic nitrogens is 2. The quantitative estimate of drug-likeness (QED) is 0.755. The second-order valence-electron chi connectivity index (χ2n) is 4.85. The Morgan fingerprint density at radius 1 is 1.30 bits per heavy atom. The maximum Gasteiger partial charge on any atom is 0.272 e. The summed E-state index contributed by atoms with van der Waals surface area (Å²) in [5, 5.41) is 16.2. The van der Waals surface area contributed by atoms with E-state index in [4.69, 9.17) is 4.42 Å². The van der Waals surface area contributed by atoms with Gasteiger partial charge in [0.1, 0.15) is 17.6 Å². The summed E-state index contributed by atoms with van der Waals surface area (Å²) in [5.74, 6) is -0.330. The summed E-state index contributed by atoms with van der Waals surface area (Å²) >= 11 is 0. The van der Waals surface area contributed by atoms with Crippen LogP contribution in [0.15, 0.2) is 59.3 Å². The molecule has 0 spiro atoms. The number of hydrogen-bond donors (Lipinski definition) is 2. The van der Waals surface area contributed by atoms with E-state index in [1.54, 1.807) is 30.5 Å². The van der Waals surface area contributed by atoms with Crippen molar-refractivity contribution < 1.29 is 18.7 Å². The van der Waals surface area contributed by atoms with Gasteiger partial charge in [-0.1, -0.05) is 0 Å². The third-order valence-electron chi connectivity index (χ3n) is 3.29. The number of halogens is 1. The molecule has 0 aliphatic rings. The van der Waals surface area contributed by atoms with Crippen LogP contribution in [0.25, 0.3) is 5.69 Å². The number of carbonyl (C=O) groups is 1. The molecule has 2 N–H and O–H groups in total. The predicted octanol–water partition coefficient (Wildman–Crippen LogP) is 2.07. The molecular weight excluding hydrogens is 301 g/mol. The van der Waals surface area contributed by atoms with Crippen LogP contribution in [0.3, 0.4) is 0 Å². The normalized spacial score (nSPS) is 12.1. The van der Waals surface area contributed by atoms with Crippen LogP contribution in [0.1, 0.15) is 22.3 Å². The lowest BCUT2D eigenvalue weighted by Gasteiger charge is -2.12. The van der Waals surface area contributed by atoms with Crippen LogP contribution in [0, 0.1) is 5.82 Å². The maximum absolute atomic E-state index is 12.9. The summed E-state index contributed by atoms with van der Waals surface area (Å²) in [4.78, 5) is 12.2. The van der Waals surface area contributed by atoms with Crippen molar-refractivity contribution in [3.63, 3.8) is 0 Å². The van der Waals surface area contributed by atoms with E-state index >= 15 is 0 Å². The van der Waals surface area contributed by atoms with E-state index in [1.165, 1.54) is 29.1 Å². The fourth-order valence-corrected chi connectivity index (χ4v) is 2.11. The highest BCUT2D eigenvalue weighted by atomic mass is 19.1. The first-order chi connectivity index (χ1) is 11.2. The molecule has 0 aliphatic carbocycles. The van der Waals surface area contributed by atoms with Gasteiger partial charge in [-0.3, -0.25) is 4.79 Å². The zero-order valence-electron chi connectivity index (χ0n) is 12.0. The van der Waals surface area contributed by atoms with Gasteiger partial charge in [0.05, 0.1) is 18.6 Å². The Hall–Kier alpha value is -2.93. The first-order valence-electron chi connectivity index (χ1n) is 6.94. The monoisotopic (exact) mass is 315 g/mol. The minimum Gasteiger partial charge on any atom is -0.467 e. The van der Waals surface area contributed by atoms with E-state index in [9.17, 15) is 14.3 Å². The van der Waals surface area contributed by atoms with Crippen molar-refractivity contribution in [3.8, 4) is 5.69 Å². The van der Waals surface area contributed by atoms with Crippen LogP contribution in [0.5, 0.6) is 0 Å². The second kappa shape index (κ2) is 6.45. The van der Waals surface area contributed by atoms with Crippen LogP contribution in [0.2, 0.25) is 0 Å². The van der Waals surface area contributed by atoms with Crippen LogP contribution < -0.4 is 5.32 Å². The number of rotatable bonds is 5. The molecule has 1 unspecified atom stereocenters. The van der Waals surface area contributed by atoms with Crippen LogP contribution in [-0.4, -0.2) is 27.4 Å². The van der Waals surface area contributed by atoms with Gasteiger partial charge in [0.15, 0.2) is 5.69 Å². The number of amides is 1. The van der Waals surface area contributed by atoms with Crippen molar-refractivity contribution >= 4 is 5.91 Å². The molecule has 0 fully saturated rings. The Labute approximate surface area is 131 Å². The van der Waals surface area contributed by atoms with Crippen molar-refractivity contribution in [2.45, 2.75) is 6.04 Å². The number of carbonyl (C=O) groups excluding carboxylic acids is 1. The molecule has 118 valence electrons. The number of aliphatic hydroxyl groups excluding tert-OH is 1.